The normalized spacial score (nSPS) is 14.2. The van der Waals surface area contributed by atoms with E-state index in [-0.39, 0.29) is 22.5 Å². The van der Waals surface area contributed by atoms with E-state index >= 15 is 0 Å². The molecule has 0 aliphatic heterocycles. The van der Waals surface area contributed by atoms with E-state index in [9.17, 15) is 19.8 Å². The summed E-state index contributed by atoms with van der Waals surface area (Å²) < 4.78 is 0. The average Bonchev–Trinajstić information content (AvgIpc) is 2.32. The zero-order valence-corrected chi connectivity index (χ0v) is 13.3. The molecule has 4 nitrogen and oxygen atoms in total. The van der Waals surface area contributed by atoms with Crippen molar-refractivity contribution >= 4 is 11.9 Å². The van der Waals surface area contributed by atoms with Crippen LogP contribution in [0.25, 0.3) is 0 Å². The van der Waals surface area contributed by atoms with Crippen molar-refractivity contribution in [3.63, 3.8) is 0 Å². The molecule has 0 radical (unpaired) electrons. The molecule has 0 saturated carbocycles. The van der Waals surface area contributed by atoms with Gasteiger partial charge in [0.1, 0.15) is 0 Å². The third kappa shape index (κ3) is 4.51. The quantitative estimate of drug-likeness (QED) is 0.549. The molecular weight excluding hydrogens is 256 g/mol. The van der Waals surface area contributed by atoms with Gasteiger partial charge in [0.2, 0.25) is 0 Å². The largest absolute Gasteiger partial charge is 0.478 e. The van der Waals surface area contributed by atoms with Crippen molar-refractivity contribution in [3.05, 3.63) is 22.8 Å². The minimum absolute atomic E-state index is 0.0294. The second-order valence-electron chi connectivity index (χ2n) is 5.88. The van der Waals surface area contributed by atoms with Crippen molar-refractivity contribution in [3.8, 4) is 0 Å². The maximum atomic E-state index is 11.6. The van der Waals surface area contributed by atoms with Gasteiger partial charge in [0, 0.05) is 0 Å². The predicted octanol–water partition coefficient (Wildman–Crippen LogP) is 3.88. The van der Waals surface area contributed by atoms with E-state index in [0.29, 0.717) is 12.0 Å². The first kappa shape index (κ1) is 18.4. The Balaban J connectivity index is 6.35. The highest BCUT2D eigenvalue weighted by Crippen LogP contribution is 2.37. The molecule has 0 bridgehead atoms. The van der Waals surface area contributed by atoms with E-state index in [2.05, 4.69) is 0 Å². The molecule has 0 amide bonds. The topological polar surface area (TPSA) is 74.6 Å². The molecule has 0 unspecified atom stereocenters. The molecule has 2 N–H and O–H groups in total. The molecular formula is C16H26O4. The van der Waals surface area contributed by atoms with Crippen LogP contribution in [0.15, 0.2) is 22.8 Å². The second-order valence-corrected chi connectivity index (χ2v) is 5.88. The number of carboxylic acids is 2. The molecule has 0 aromatic rings. The van der Waals surface area contributed by atoms with Gasteiger partial charge in [-0.15, -0.1) is 0 Å². The Morgan fingerprint density at radius 2 is 1.60 bits per heavy atom. The smallest absolute Gasteiger partial charge is 0.336 e. The molecule has 0 saturated heterocycles. The van der Waals surface area contributed by atoms with Crippen LogP contribution < -0.4 is 0 Å². The third-order valence-electron chi connectivity index (χ3n) is 3.57. The summed E-state index contributed by atoms with van der Waals surface area (Å²) in [6.45, 7) is 11.4. The summed E-state index contributed by atoms with van der Waals surface area (Å²) in [4.78, 5) is 23.1. The molecule has 0 spiro atoms. The van der Waals surface area contributed by atoms with Gasteiger partial charge < -0.3 is 10.2 Å². The zero-order chi connectivity index (χ0) is 16.1. The van der Waals surface area contributed by atoms with Crippen molar-refractivity contribution in [2.24, 2.45) is 11.3 Å². The van der Waals surface area contributed by atoms with E-state index in [1.54, 1.807) is 0 Å². The lowest BCUT2D eigenvalue weighted by molar-refractivity contribution is -0.136. The van der Waals surface area contributed by atoms with Gasteiger partial charge in [0.05, 0.1) is 11.1 Å². The van der Waals surface area contributed by atoms with Gasteiger partial charge in [-0.1, -0.05) is 47.6 Å². The first-order valence-corrected chi connectivity index (χ1v) is 7.00. The number of hydrogen-bond donors (Lipinski definition) is 2. The van der Waals surface area contributed by atoms with Crippen LogP contribution in [0, 0.1) is 11.3 Å². The van der Waals surface area contributed by atoms with Crippen LogP contribution in [-0.4, -0.2) is 22.2 Å². The lowest BCUT2D eigenvalue weighted by Gasteiger charge is -2.28. The highest BCUT2D eigenvalue weighted by molar-refractivity contribution is 6.06. The van der Waals surface area contributed by atoms with Crippen LogP contribution in [0.3, 0.4) is 0 Å². The van der Waals surface area contributed by atoms with Gasteiger partial charge >= 0.3 is 11.9 Å². The lowest BCUT2D eigenvalue weighted by atomic mass is 9.76. The fourth-order valence-electron chi connectivity index (χ4n) is 2.21. The summed E-state index contributed by atoms with van der Waals surface area (Å²) in [5.74, 6) is -2.38. The SMILES string of the molecule is CCC(=C(C(=O)O)C(=CC(C)C)C(=O)O)C(C)(C)CC. The number of allylic oxidation sites excluding steroid dienone is 2. The summed E-state index contributed by atoms with van der Waals surface area (Å²) in [6, 6.07) is 0. The number of carboxylic acid groups (broad SMARTS) is 2. The maximum absolute atomic E-state index is 11.6. The number of carbonyl (C=O) groups is 2. The minimum Gasteiger partial charge on any atom is -0.478 e. The maximum Gasteiger partial charge on any atom is 0.336 e. The van der Waals surface area contributed by atoms with Gasteiger partial charge in [0.15, 0.2) is 0 Å². The fourth-order valence-corrected chi connectivity index (χ4v) is 2.21. The Kier molecular flexibility index (Phi) is 6.69. The minimum atomic E-state index is -1.19. The van der Waals surface area contributed by atoms with E-state index in [4.69, 9.17) is 0 Å². The van der Waals surface area contributed by atoms with Crippen LogP contribution in [-0.2, 0) is 9.59 Å². The Morgan fingerprint density at radius 1 is 1.10 bits per heavy atom. The third-order valence-corrected chi connectivity index (χ3v) is 3.57. The molecule has 0 aromatic heterocycles. The van der Waals surface area contributed by atoms with E-state index in [1.165, 1.54) is 6.08 Å². The Hall–Kier alpha value is -1.58. The molecule has 4 heteroatoms. The molecule has 114 valence electrons. The Morgan fingerprint density at radius 3 is 1.85 bits per heavy atom. The predicted molar refractivity (Wildman–Crippen MR) is 79.6 cm³/mol. The van der Waals surface area contributed by atoms with Gasteiger partial charge in [-0.3, -0.25) is 0 Å². The van der Waals surface area contributed by atoms with Crippen molar-refractivity contribution in [1.82, 2.24) is 0 Å². The van der Waals surface area contributed by atoms with Crippen LogP contribution in [0.4, 0.5) is 0 Å². The van der Waals surface area contributed by atoms with Crippen LogP contribution in [0.5, 0.6) is 0 Å². The molecule has 0 atom stereocenters. The van der Waals surface area contributed by atoms with E-state index in [0.717, 1.165) is 6.42 Å². The molecule has 0 heterocycles. The molecule has 0 aliphatic carbocycles. The monoisotopic (exact) mass is 282 g/mol. The summed E-state index contributed by atoms with van der Waals surface area (Å²) in [7, 11) is 0. The Labute approximate surface area is 121 Å². The summed E-state index contributed by atoms with van der Waals surface area (Å²) in [6.07, 6.45) is 2.78. The zero-order valence-electron chi connectivity index (χ0n) is 13.3. The van der Waals surface area contributed by atoms with E-state index < -0.39 is 11.9 Å². The van der Waals surface area contributed by atoms with Crippen LogP contribution >= 0.6 is 0 Å². The van der Waals surface area contributed by atoms with Crippen molar-refractivity contribution in [2.45, 2.75) is 54.4 Å². The standard InChI is InChI=1S/C16H26O4/c1-7-12(16(5,6)8-2)13(15(19)20)11(14(17)18)9-10(3)4/h9-10H,7-8H2,1-6H3,(H,17,18)(H,19,20). The number of rotatable bonds is 7. The van der Waals surface area contributed by atoms with Crippen molar-refractivity contribution in [2.75, 3.05) is 0 Å². The van der Waals surface area contributed by atoms with Crippen molar-refractivity contribution < 1.29 is 19.8 Å². The van der Waals surface area contributed by atoms with Crippen LogP contribution in [0.1, 0.15) is 54.4 Å². The molecule has 20 heavy (non-hydrogen) atoms. The number of aliphatic carboxylic acids is 2. The van der Waals surface area contributed by atoms with Gasteiger partial charge in [-0.2, -0.15) is 0 Å². The summed E-state index contributed by atoms with van der Waals surface area (Å²) >= 11 is 0. The molecule has 0 aromatic carbocycles. The van der Waals surface area contributed by atoms with E-state index in [1.807, 2.05) is 41.5 Å². The van der Waals surface area contributed by atoms with Gasteiger partial charge in [-0.05, 0) is 29.7 Å². The fraction of sp³-hybridized carbons (Fsp3) is 0.625. The Bertz CT molecular complexity index is 439. The number of hydrogen-bond acceptors (Lipinski definition) is 2. The molecule has 0 rings (SSSR count). The summed E-state index contributed by atoms with van der Waals surface area (Å²) in [5.41, 5.74) is 0.182. The van der Waals surface area contributed by atoms with Crippen molar-refractivity contribution in [1.29, 1.82) is 0 Å². The highest BCUT2D eigenvalue weighted by Gasteiger charge is 2.30. The van der Waals surface area contributed by atoms with Gasteiger partial charge in [-0.25, -0.2) is 9.59 Å². The molecule has 0 aliphatic rings. The molecule has 0 fully saturated rings. The first-order chi connectivity index (χ1) is 9.08. The van der Waals surface area contributed by atoms with Crippen LogP contribution in [0.2, 0.25) is 0 Å². The highest BCUT2D eigenvalue weighted by atomic mass is 16.4. The second kappa shape index (κ2) is 7.27. The summed E-state index contributed by atoms with van der Waals surface area (Å²) in [5, 5.41) is 18.9. The lowest BCUT2D eigenvalue weighted by Crippen LogP contribution is -2.22. The average molecular weight is 282 g/mol. The first-order valence-electron chi connectivity index (χ1n) is 7.00. The van der Waals surface area contributed by atoms with Gasteiger partial charge in [0.25, 0.3) is 0 Å².